The van der Waals surface area contributed by atoms with Crippen molar-refractivity contribution in [2.24, 2.45) is 0 Å². The van der Waals surface area contributed by atoms with Gasteiger partial charge < -0.3 is 16.9 Å². The molecule has 0 unspecified atom stereocenters. The van der Waals surface area contributed by atoms with Crippen LogP contribution in [-0.2, 0) is 0 Å². The molecule has 0 atom stereocenters. The second-order valence-electron chi connectivity index (χ2n) is 7.42. The predicted octanol–water partition coefficient (Wildman–Crippen LogP) is 3.96. The third-order valence-corrected chi connectivity index (χ3v) is 5.19. The highest BCUT2D eigenvalue weighted by molar-refractivity contribution is 4.52. The molecule has 0 bridgehead atoms. The smallest absolute Gasteiger partial charge is 0.0786 e. The molecular formula is C21H46ClN. The lowest BCUT2D eigenvalue weighted by Crippen LogP contribution is -3.00. The summed E-state index contributed by atoms with van der Waals surface area (Å²) in [7, 11) is 0. The molecule has 142 valence electrons. The van der Waals surface area contributed by atoms with Gasteiger partial charge in [-0.05, 0) is 51.4 Å². The van der Waals surface area contributed by atoms with E-state index in [2.05, 4.69) is 27.7 Å². The van der Waals surface area contributed by atoms with Gasteiger partial charge in [0.05, 0.1) is 26.2 Å². The van der Waals surface area contributed by atoms with Crippen molar-refractivity contribution in [1.29, 1.82) is 0 Å². The van der Waals surface area contributed by atoms with Gasteiger partial charge in [-0.2, -0.15) is 0 Å². The van der Waals surface area contributed by atoms with Crippen LogP contribution in [0.5, 0.6) is 0 Å². The molecular weight excluding hydrogens is 302 g/mol. The van der Waals surface area contributed by atoms with Gasteiger partial charge in [0.1, 0.15) is 0 Å². The Labute approximate surface area is 154 Å². The Kier molecular flexibility index (Phi) is 20.6. The van der Waals surface area contributed by atoms with E-state index in [1.807, 2.05) is 0 Å². The van der Waals surface area contributed by atoms with Crippen LogP contribution >= 0.6 is 0 Å². The minimum atomic E-state index is 0. The molecule has 23 heavy (non-hydrogen) atoms. The molecule has 0 amide bonds. The first kappa shape index (κ1) is 25.5. The Balaban J connectivity index is 0. The highest BCUT2D eigenvalue weighted by Gasteiger charge is 2.25. The lowest BCUT2D eigenvalue weighted by molar-refractivity contribution is -0.929. The van der Waals surface area contributed by atoms with Gasteiger partial charge in [0.2, 0.25) is 0 Å². The third-order valence-electron chi connectivity index (χ3n) is 5.19. The standard InChI is InChI=1S/C21H46N.ClH/c1-5-9-13-17-21-22(18-14-10-6-2,19-15-11-7-3)20-16-12-8-4;/h5-21H2,1-4H3;1H/q+1;/p-1. The van der Waals surface area contributed by atoms with Crippen molar-refractivity contribution in [3.63, 3.8) is 0 Å². The van der Waals surface area contributed by atoms with Crippen molar-refractivity contribution in [2.75, 3.05) is 26.2 Å². The molecule has 0 radical (unpaired) electrons. The quantitative estimate of drug-likeness (QED) is 0.276. The van der Waals surface area contributed by atoms with E-state index < -0.39 is 0 Å². The van der Waals surface area contributed by atoms with E-state index in [1.165, 1.54) is 114 Å². The van der Waals surface area contributed by atoms with E-state index in [0.717, 1.165) is 0 Å². The summed E-state index contributed by atoms with van der Waals surface area (Å²) in [6.45, 7) is 15.1. The molecule has 0 saturated heterocycles. The molecule has 0 aliphatic heterocycles. The summed E-state index contributed by atoms with van der Waals surface area (Å²) in [6, 6.07) is 0. The van der Waals surface area contributed by atoms with Gasteiger partial charge in [-0.1, -0.05) is 59.8 Å². The van der Waals surface area contributed by atoms with Crippen molar-refractivity contribution in [2.45, 2.75) is 111 Å². The minimum Gasteiger partial charge on any atom is -1.00 e. The van der Waals surface area contributed by atoms with Crippen LogP contribution in [0.1, 0.15) is 111 Å². The van der Waals surface area contributed by atoms with Crippen molar-refractivity contribution in [1.82, 2.24) is 0 Å². The van der Waals surface area contributed by atoms with Gasteiger partial charge in [0, 0.05) is 0 Å². The summed E-state index contributed by atoms with van der Waals surface area (Å²) in [5, 5.41) is 0. The van der Waals surface area contributed by atoms with Gasteiger partial charge in [0.15, 0.2) is 0 Å². The number of nitrogens with zero attached hydrogens (tertiary/aromatic N) is 1. The first-order valence-corrected chi connectivity index (χ1v) is 10.6. The maximum atomic E-state index is 2.34. The van der Waals surface area contributed by atoms with Crippen LogP contribution < -0.4 is 12.4 Å². The number of rotatable bonds is 17. The maximum absolute atomic E-state index is 2.34. The Morgan fingerprint density at radius 2 is 0.652 bits per heavy atom. The average molecular weight is 348 g/mol. The first-order chi connectivity index (χ1) is 10.7. The van der Waals surface area contributed by atoms with Crippen LogP contribution in [0.15, 0.2) is 0 Å². The zero-order valence-electron chi connectivity index (χ0n) is 16.8. The normalized spacial score (nSPS) is 11.5. The number of halogens is 1. The largest absolute Gasteiger partial charge is 1.00 e. The molecule has 0 aromatic heterocycles. The van der Waals surface area contributed by atoms with Crippen LogP contribution in [0.4, 0.5) is 0 Å². The third kappa shape index (κ3) is 14.3. The molecule has 0 aromatic rings. The van der Waals surface area contributed by atoms with Crippen molar-refractivity contribution in [3.05, 3.63) is 0 Å². The van der Waals surface area contributed by atoms with E-state index in [4.69, 9.17) is 0 Å². The summed E-state index contributed by atoms with van der Waals surface area (Å²) < 4.78 is 1.45. The van der Waals surface area contributed by atoms with Gasteiger partial charge in [-0.25, -0.2) is 0 Å². The van der Waals surface area contributed by atoms with Crippen LogP contribution in [0.25, 0.3) is 0 Å². The minimum absolute atomic E-state index is 0. The summed E-state index contributed by atoms with van der Waals surface area (Å²) in [4.78, 5) is 0. The molecule has 0 heterocycles. The number of hydrogen-bond acceptors (Lipinski definition) is 0. The lowest BCUT2D eigenvalue weighted by atomic mass is 10.1. The molecule has 2 heteroatoms. The first-order valence-electron chi connectivity index (χ1n) is 10.6. The van der Waals surface area contributed by atoms with E-state index in [0.29, 0.717) is 0 Å². The summed E-state index contributed by atoms with van der Waals surface area (Å²) >= 11 is 0. The topological polar surface area (TPSA) is 0 Å². The van der Waals surface area contributed by atoms with Crippen molar-refractivity contribution < 1.29 is 16.9 Å². The molecule has 0 spiro atoms. The van der Waals surface area contributed by atoms with Gasteiger partial charge in [0.25, 0.3) is 0 Å². The number of hydrogen-bond donors (Lipinski definition) is 0. The molecule has 0 rings (SSSR count). The van der Waals surface area contributed by atoms with Crippen LogP contribution in [0.3, 0.4) is 0 Å². The van der Waals surface area contributed by atoms with Crippen LogP contribution in [0.2, 0.25) is 0 Å². The van der Waals surface area contributed by atoms with Crippen LogP contribution in [0, 0.1) is 0 Å². The van der Waals surface area contributed by atoms with E-state index in [-0.39, 0.29) is 12.4 Å². The predicted molar refractivity (Wildman–Crippen MR) is 102 cm³/mol. The summed E-state index contributed by atoms with van der Waals surface area (Å²) in [5.41, 5.74) is 0. The molecule has 0 fully saturated rings. The molecule has 0 aromatic carbocycles. The van der Waals surface area contributed by atoms with E-state index >= 15 is 0 Å². The number of unbranched alkanes of at least 4 members (excludes halogenated alkanes) is 9. The van der Waals surface area contributed by atoms with Crippen molar-refractivity contribution in [3.8, 4) is 0 Å². The summed E-state index contributed by atoms with van der Waals surface area (Å²) in [6.07, 6.45) is 18.4. The number of quaternary nitrogens is 1. The fourth-order valence-corrected chi connectivity index (χ4v) is 3.64. The van der Waals surface area contributed by atoms with Crippen molar-refractivity contribution >= 4 is 0 Å². The second kappa shape index (κ2) is 18.6. The molecule has 0 saturated carbocycles. The SMILES string of the molecule is CCCCCC[N+](CCCCC)(CCCCC)CCCCC.[Cl-]. The Hall–Kier alpha value is 0.250. The maximum Gasteiger partial charge on any atom is 0.0786 e. The molecule has 0 aliphatic rings. The lowest BCUT2D eigenvalue weighted by Gasteiger charge is -2.39. The Morgan fingerprint density at radius 1 is 0.391 bits per heavy atom. The second-order valence-corrected chi connectivity index (χ2v) is 7.42. The summed E-state index contributed by atoms with van der Waals surface area (Å²) in [5.74, 6) is 0. The van der Waals surface area contributed by atoms with E-state index in [1.54, 1.807) is 0 Å². The molecule has 1 nitrogen and oxygen atoms in total. The highest BCUT2D eigenvalue weighted by Crippen LogP contribution is 2.18. The monoisotopic (exact) mass is 347 g/mol. The fourth-order valence-electron chi connectivity index (χ4n) is 3.64. The highest BCUT2D eigenvalue weighted by atomic mass is 35.5. The molecule has 0 aliphatic carbocycles. The Bertz CT molecular complexity index is 191. The van der Waals surface area contributed by atoms with Gasteiger partial charge >= 0.3 is 0 Å². The van der Waals surface area contributed by atoms with Gasteiger partial charge in [-0.3, -0.25) is 0 Å². The van der Waals surface area contributed by atoms with Gasteiger partial charge in [-0.15, -0.1) is 0 Å². The zero-order valence-corrected chi connectivity index (χ0v) is 17.6. The molecule has 0 N–H and O–H groups in total. The van der Waals surface area contributed by atoms with E-state index in [9.17, 15) is 0 Å². The zero-order chi connectivity index (χ0) is 16.5. The average Bonchev–Trinajstić information content (AvgIpc) is 2.52. The Morgan fingerprint density at radius 3 is 0.957 bits per heavy atom. The van der Waals surface area contributed by atoms with Crippen LogP contribution in [-0.4, -0.2) is 30.7 Å². The fraction of sp³-hybridized carbons (Fsp3) is 1.00.